The number of pyridine rings is 1. The molecule has 3 amide bonds. The van der Waals surface area contributed by atoms with Crippen LogP contribution in [-0.2, 0) is 15.1 Å². The summed E-state index contributed by atoms with van der Waals surface area (Å²) < 4.78 is 5.58. The topological polar surface area (TPSA) is 71.5 Å². The minimum atomic E-state index is -1.06. The molecule has 1 N–H and O–H groups in total. The van der Waals surface area contributed by atoms with Crippen molar-refractivity contribution in [2.24, 2.45) is 5.92 Å². The molecule has 124 valence electrons. The average molecular weight is 317 g/mol. The summed E-state index contributed by atoms with van der Waals surface area (Å²) in [6.07, 6.45) is 7.75. The maximum Gasteiger partial charge on any atom is 0.325 e. The van der Waals surface area contributed by atoms with Crippen molar-refractivity contribution in [2.75, 3.05) is 13.7 Å². The van der Waals surface area contributed by atoms with E-state index in [0.717, 1.165) is 12.8 Å². The van der Waals surface area contributed by atoms with Gasteiger partial charge in [-0.3, -0.25) is 14.7 Å². The lowest BCUT2D eigenvalue weighted by atomic mass is 9.93. The molecule has 2 aliphatic rings. The zero-order chi connectivity index (χ0) is 16.4. The maximum absolute atomic E-state index is 12.9. The summed E-state index contributed by atoms with van der Waals surface area (Å²) in [5, 5.41) is 2.81. The van der Waals surface area contributed by atoms with E-state index in [9.17, 15) is 9.59 Å². The molecular weight excluding hydrogens is 294 g/mol. The van der Waals surface area contributed by atoms with Gasteiger partial charge in [0.2, 0.25) is 0 Å². The minimum absolute atomic E-state index is 0.0940. The molecule has 2 unspecified atom stereocenters. The highest BCUT2D eigenvalue weighted by atomic mass is 16.5. The number of hydrogen-bond donors (Lipinski definition) is 1. The van der Waals surface area contributed by atoms with Crippen molar-refractivity contribution in [2.45, 2.75) is 44.2 Å². The number of aromatic nitrogens is 1. The van der Waals surface area contributed by atoms with Gasteiger partial charge in [-0.25, -0.2) is 4.79 Å². The fourth-order valence-corrected chi connectivity index (χ4v) is 3.64. The molecule has 2 fully saturated rings. The van der Waals surface area contributed by atoms with Gasteiger partial charge in [0.05, 0.1) is 12.6 Å². The molecule has 1 aliphatic heterocycles. The molecule has 1 aromatic heterocycles. The summed E-state index contributed by atoms with van der Waals surface area (Å²) in [5.74, 6) is 0.182. The van der Waals surface area contributed by atoms with E-state index < -0.39 is 5.54 Å². The first-order valence-electron chi connectivity index (χ1n) is 8.13. The van der Waals surface area contributed by atoms with Crippen molar-refractivity contribution in [3.05, 3.63) is 30.1 Å². The SMILES string of the molecule is COC(CN1C(=O)NC(C)(c2cccnc2)C1=O)C1CCCC1. The van der Waals surface area contributed by atoms with Crippen molar-refractivity contribution < 1.29 is 14.3 Å². The summed E-state index contributed by atoms with van der Waals surface area (Å²) in [6.45, 7) is 2.03. The molecule has 1 saturated carbocycles. The van der Waals surface area contributed by atoms with E-state index in [1.54, 1.807) is 38.6 Å². The molecule has 0 spiro atoms. The molecule has 0 bridgehead atoms. The van der Waals surface area contributed by atoms with E-state index >= 15 is 0 Å². The molecule has 6 heteroatoms. The van der Waals surface area contributed by atoms with Gasteiger partial charge in [-0.15, -0.1) is 0 Å². The second-order valence-electron chi connectivity index (χ2n) is 6.53. The zero-order valence-electron chi connectivity index (χ0n) is 13.6. The van der Waals surface area contributed by atoms with Gasteiger partial charge in [0.25, 0.3) is 5.91 Å². The predicted octanol–water partition coefficient (Wildman–Crippen LogP) is 2.05. The van der Waals surface area contributed by atoms with E-state index in [2.05, 4.69) is 10.3 Å². The summed E-state index contributed by atoms with van der Waals surface area (Å²) in [4.78, 5) is 30.6. The Labute approximate surface area is 136 Å². The molecule has 1 aliphatic carbocycles. The van der Waals surface area contributed by atoms with Gasteiger partial charge in [-0.05, 0) is 31.7 Å². The van der Waals surface area contributed by atoms with Crippen molar-refractivity contribution in [3.8, 4) is 0 Å². The Kier molecular flexibility index (Phi) is 4.35. The number of nitrogens with one attached hydrogen (secondary N) is 1. The van der Waals surface area contributed by atoms with Crippen molar-refractivity contribution >= 4 is 11.9 Å². The summed E-state index contributed by atoms with van der Waals surface area (Å²) in [5.41, 5.74) is -0.366. The molecule has 0 radical (unpaired) electrons. The van der Waals surface area contributed by atoms with Crippen LogP contribution in [0.25, 0.3) is 0 Å². The third-order valence-electron chi connectivity index (χ3n) is 5.10. The minimum Gasteiger partial charge on any atom is -0.379 e. The van der Waals surface area contributed by atoms with Crippen LogP contribution < -0.4 is 5.32 Å². The summed E-state index contributed by atoms with van der Waals surface area (Å²) in [6, 6.07) is 3.21. The predicted molar refractivity (Wildman–Crippen MR) is 84.6 cm³/mol. The van der Waals surface area contributed by atoms with Crippen LogP contribution >= 0.6 is 0 Å². The lowest BCUT2D eigenvalue weighted by molar-refractivity contribution is -0.132. The van der Waals surface area contributed by atoms with Crippen molar-refractivity contribution in [3.63, 3.8) is 0 Å². The van der Waals surface area contributed by atoms with Gasteiger partial charge in [0.15, 0.2) is 0 Å². The molecular formula is C17H23N3O3. The number of hydrogen-bond acceptors (Lipinski definition) is 4. The molecule has 1 saturated heterocycles. The van der Waals surface area contributed by atoms with Gasteiger partial charge >= 0.3 is 6.03 Å². The van der Waals surface area contributed by atoms with E-state index in [1.165, 1.54) is 17.7 Å². The highest BCUT2D eigenvalue weighted by molar-refractivity contribution is 6.07. The first-order chi connectivity index (χ1) is 11.1. The Morgan fingerprint density at radius 1 is 1.43 bits per heavy atom. The number of carbonyl (C=O) groups excluding carboxylic acids is 2. The largest absolute Gasteiger partial charge is 0.379 e. The number of nitrogens with zero attached hydrogens (tertiary/aromatic N) is 2. The van der Waals surface area contributed by atoms with Crippen LogP contribution in [0.4, 0.5) is 4.79 Å². The zero-order valence-corrected chi connectivity index (χ0v) is 13.6. The van der Waals surface area contributed by atoms with E-state index in [1.807, 2.05) is 0 Å². The lowest BCUT2D eigenvalue weighted by Crippen LogP contribution is -2.43. The average Bonchev–Trinajstić information content (AvgIpc) is 3.16. The molecule has 3 rings (SSSR count). The Bertz CT molecular complexity index is 586. The fourth-order valence-electron chi connectivity index (χ4n) is 3.64. The number of rotatable bonds is 5. The van der Waals surface area contributed by atoms with Gasteiger partial charge < -0.3 is 10.1 Å². The molecule has 0 aromatic carbocycles. The summed E-state index contributed by atoms with van der Waals surface area (Å²) >= 11 is 0. The highest BCUT2D eigenvalue weighted by Crippen LogP contribution is 2.32. The van der Waals surface area contributed by atoms with Gasteiger partial charge in [-0.1, -0.05) is 18.9 Å². The number of urea groups is 1. The third-order valence-corrected chi connectivity index (χ3v) is 5.10. The Morgan fingerprint density at radius 3 is 2.78 bits per heavy atom. The standard InChI is InChI=1S/C17H23N3O3/c1-17(13-8-5-9-18-10-13)15(21)20(16(22)19-17)11-14(23-2)12-6-3-4-7-12/h5,8-10,12,14H,3-4,6-7,11H2,1-2H3,(H,19,22). The van der Waals surface area contributed by atoms with Crippen molar-refractivity contribution in [1.82, 2.24) is 15.2 Å². The number of ether oxygens (including phenoxy) is 1. The quantitative estimate of drug-likeness (QED) is 0.844. The smallest absolute Gasteiger partial charge is 0.325 e. The molecule has 23 heavy (non-hydrogen) atoms. The van der Waals surface area contributed by atoms with E-state index in [-0.39, 0.29) is 18.0 Å². The van der Waals surface area contributed by atoms with E-state index in [0.29, 0.717) is 18.0 Å². The third kappa shape index (κ3) is 2.83. The monoisotopic (exact) mass is 317 g/mol. The summed E-state index contributed by atoms with van der Waals surface area (Å²) in [7, 11) is 1.65. The Morgan fingerprint density at radius 2 is 2.17 bits per heavy atom. The van der Waals surface area contributed by atoms with Gasteiger partial charge in [0, 0.05) is 25.1 Å². The molecule has 2 heterocycles. The van der Waals surface area contributed by atoms with Crippen molar-refractivity contribution in [1.29, 1.82) is 0 Å². The van der Waals surface area contributed by atoms with Crippen LogP contribution in [0, 0.1) is 5.92 Å². The number of carbonyl (C=O) groups is 2. The second-order valence-corrected chi connectivity index (χ2v) is 6.53. The Balaban J connectivity index is 1.78. The first kappa shape index (κ1) is 15.9. The number of methoxy groups -OCH3 is 1. The van der Waals surface area contributed by atoms with Crippen LogP contribution in [0.1, 0.15) is 38.2 Å². The van der Waals surface area contributed by atoms with Gasteiger partial charge in [-0.2, -0.15) is 0 Å². The van der Waals surface area contributed by atoms with Crippen LogP contribution in [-0.4, -0.2) is 41.6 Å². The fraction of sp³-hybridized carbons (Fsp3) is 0.588. The maximum atomic E-state index is 12.9. The normalized spacial score (nSPS) is 26.6. The highest BCUT2D eigenvalue weighted by Gasteiger charge is 2.50. The van der Waals surface area contributed by atoms with Crippen LogP contribution in [0.5, 0.6) is 0 Å². The molecule has 2 atom stereocenters. The van der Waals surface area contributed by atoms with Crippen LogP contribution in [0.2, 0.25) is 0 Å². The number of amides is 3. The second kappa shape index (κ2) is 6.28. The first-order valence-corrected chi connectivity index (χ1v) is 8.13. The Hall–Kier alpha value is -1.95. The van der Waals surface area contributed by atoms with Crippen LogP contribution in [0.3, 0.4) is 0 Å². The lowest BCUT2D eigenvalue weighted by Gasteiger charge is -2.26. The molecule has 1 aromatic rings. The van der Waals surface area contributed by atoms with Gasteiger partial charge in [0.1, 0.15) is 5.54 Å². The molecule has 6 nitrogen and oxygen atoms in total. The van der Waals surface area contributed by atoms with Crippen LogP contribution in [0.15, 0.2) is 24.5 Å². The van der Waals surface area contributed by atoms with E-state index in [4.69, 9.17) is 4.74 Å². The number of imide groups is 1.